The molecule has 3 heterocycles. The Morgan fingerprint density at radius 3 is 2.31 bits per heavy atom. The number of anilines is 2. The molecule has 318 valence electrons. The molecule has 0 radical (unpaired) electrons. The summed E-state index contributed by atoms with van der Waals surface area (Å²) >= 11 is 0. The van der Waals surface area contributed by atoms with E-state index in [4.69, 9.17) is 19.3 Å². The fraction of sp³-hybridized carbons (Fsp3) is 0.356. The highest BCUT2D eigenvalue weighted by Crippen LogP contribution is 2.41. The fourth-order valence-corrected chi connectivity index (χ4v) is 7.91. The zero-order chi connectivity index (χ0) is 43.6. The highest BCUT2D eigenvalue weighted by atomic mass is 19.3. The van der Waals surface area contributed by atoms with E-state index in [0.29, 0.717) is 52.4 Å². The van der Waals surface area contributed by atoms with Crippen LogP contribution < -0.4 is 19.7 Å². The van der Waals surface area contributed by atoms with Gasteiger partial charge in [0, 0.05) is 42.7 Å². The van der Waals surface area contributed by atoms with Crippen molar-refractivity contribution in [1.29, 1.82) is 0 Å². The van der Waals surface area contributed by atoms with Gasteiger partial charge in [-0.1, -0.05) is 24.3 Å². The summed E-state index contributed by atoms with van der Waals surface area (Å²) in [4.78, 5) is 51.7. The first-order valence-corrected chi connectivity index (χ1v) is 19.9. The second-order valence-corrected chi connectivity index (χ2v) is 16.1. The van der Waals surface area contributed by atoms with Crippen LogP contribution in [0, 0.1) is 12.8 Å². The van der Waals surface area contributed by atoms with Gasteiger partial charge in [0.25, 0.3) is 6.43 Å². The monoisotopic (exact) mass is 835 g/mol. The standard InChI is InChI=1S/C45H47F2N7O7/c1-25-30(31-10-8-12-36-32(31)23-50-54(36)29-19-37(59-5)33(24-55)38(20-29)60-6)9-7-11-35(25)53(44(58)61-45(2,3)4)43-40-34(51-42(52-43)41(46)47)17-27(22-49-40)21-48-28-15-13-26(14-16-28)18-39(56)57/h7-12,17,19-20,22-24,26,28,41,48H,13-16,18,21H2,1-6H3,(H,56,57). The molecule has 3 aromatic carbocycles. The molecule has 6 aromatic rings. The minimum Gasteiger partial charge on any atom is -0.496 e. The van der Waals surface area contributed by atoms with E-state index in [0.717, 1.165) is 42.1 Å². The van der Waals surface area contributed by atoms with E-state index in [-0.39, 0.29) is 40.8 Å². The number of carbonyl (C=O) groups excluding carboxylic acids is 2. The van der Waals surface area contributed by atoms with E-state index in [1.165, 1.54) is 19.1 Å². The summed E-state index contributed by atoms with van der Waals surface area (Å²) < 4.78 is 47.8. The lowest BCUT2D eigenvalue weighted by Gasteiger charge is -2.29. The Balaban J connectivity index is 1.30. The molecule has 0 atom stereocenters. The average molecular weight is 836 g/mol. The van der Waals surface area contributed by atoms with Crippen molar-refractivity contribution in [2.24, 2.45) is 5.92 Å². The number of aldehydes is 1. The highest BCUT2D eigenvalue weighted by molar-refractivity contribution is 6.05. The molecule has 14 nitrogen and oxygen atoms in total. The molecule has 0 saturated heterocycles. The molecule has 1 fully saturated rings. The third-order valence-corrected chi connectivity index (χ3v) is 10.8. The van der Waals surface area contributed by atoms with Crippen molar-refractivity contribution in [2.45, 2.75) is 84.4 Å². The predicted octanol–water partition coefficient (Wildman–Crippen LogP) is 9.30. The number of nitrogens with zero attached hydrogens (tertiary/aromatic N) is 6. The van der Waals surface area contributed by atoms with E-state index >= 15 is 0 Å². The molecule has 16 heteroatoms. The maximum atomic E-state index is 14.6. The first kappa shape index (κ1) is 42.6. The van der Waals surface area contributed by atoms with E-state index in [9.17, 15) is 28.3 Å². The Morgan fingerprint density at radius 1 is 0.984 bits per heavy atom. The number of carbonyl (C=O) groups is 3. The van der Waals surface area contributed by atoms with Crippen molar-refractivity contribution in [2.75, 3.05) is 19.1 Å². The van der Waals surface area contributed by atoms with Gasteiger partial charge in [-0.25, -0.2) is 33.1 Å². The Labute approximate surface area is 350 Å². The minimum absolute atomic E-state index is 0.118. The number of methoxy groups -OCH3 is 2. The lowest BCUT2D eigenvalue weighted by Crippen LogP contribution is -2.35. The zero-order valence-corrected chi connectivity index (χ0v) is 34.7. The summed E-state index contributed by atoms with van der Waals surface area (Å²) in [7, 11) is 2.93. The summed E-state index contributed by atoms with van der Waals surface area (Å²) in [5.41, 5.74) is 3.95. The Morgan fingerprint density at radius 2 is 1.67 bits per heavy atom. The number of hydrogen-bond acceptors (Lipinski definition) is 11. The van der Waals surface area contributed by atoms with Crippen LogP contribution in [-0.2, 0) is 16.1 Å². The van der Waals surface area contributed by atoms with Crippen LogP contribution in [0.25, 0.3) is 38.8 Å². The molecule has 0 unspecified atom stereocenters. The number of alkyl halides is 2. The smallest absolute Gasteiger partial charge is 0.420 e. The van der Waals surface area contributed by atoms with Crippen molar-refractivity contribution in [3.63, 3.8) is 0 Å². The van der Waals surface area contributed by atoms with Crippen molar-refractivity contribution in [3.8, 4) is 28.3 Å². The van der Waals surface area contributed by atoms with Gasteiger partial charge in [-0.15, -0.1) is 0 Å². The van der Waals surface area contributed by atoms with E-state index < -0.39 is 29.9 Å². The molecular formula is C45H47F2N7O7. The average Bonchev–Trinajstić information content (AvgIpc) is 3.67. The number of benzene rings is 3. The lowest BCUT2D eigenvalue weighted by molar-refractivity contribution is -0.138. The number of amides is 1. The van der Waals surface area contributed by atoms with Gasteiger partial charge in [-0.2, -0.15) is 5.10 Å². The first-order valence-electron chi connectivity index (χ1n) is 19.9. The van der Waals surface area contributed by atoms with Gasteiger partial charge in [0.2, 0.25) is 0 Å². The van der Waals surface area contributed by atoms with E-state index in [1.807, 2.05) is 31.2 Å². The fourth-order valence-electron chi connectivity index (χ4n) is 7.91. The summed E-state index contributed by atoms with van der Waals surface area (Å²) in [6.07, 6.45) is 3.47. The van der Waals surface area contributed by atoms with Crippen LogP contribution in [0.1, 0.15) is 86.6 Å². The molecule has 0 aliphatic heterocycles. The van der Waals surface area contributed by atoms with Gasteiger partial charge in [-0.3, -0.25) is 14.6 Å². The number of nitrogens with one attached hydrogen (secondary N) is 1. The number of rotatable bonds is 13. The number of hydrogen-bond donors (Lipinski definition) is 2. The van der Waals surface area contributed by atoms with Crippen LogP contribution in [0.4, 0.5) is 25.1 Å². The van der Waals surface area contributed by atoms with Crippen molar-refractivity contribution in [3.05, 3.63) is 89.5 Å². The number of carboxylic acid groups (broad SMARTS) is 1. The van der Waals surface area contributed by atoms with Gasteiger partial charge in [-0.05, 0) is 99.7 Å². The van der Waals surface area contributed by atoms with Crippen LogP contribution in [0.2, 0.25) is 0 Å². The van der Waals surface area contributed by atoms with Gasteiger partial charge in [0.05, 0.1) is 48.4 Å². The Hall–Kier alpha value is -6.55. The third-order valence-electron chi connectivity index (χ3n) is 10.8. The molecule has 1 amide bonds. The topological polar surface area (TPSA) is 171 Å². The summed E-state index contributed by atoms with van der Waals surface area (Å²) in [5, 5.41) is 18.1. The molecule has 1 aliphatic carbocycles. The molecule has 7 rings (SSSR count). The van der Waals surface area contributed by atoms with Crippen LogP contribution in [0.3, 0.4) is 0 Å². The molecule has 2 N–H and O–H groups in total. The Bertz CT molecular complexity index is 2590. The van der Waals surface area contributed by atoms with Crippen LogP contribution >= 0.6 is 0 Å². The summed E-state index contributed by atoms with van der Waals surface area (Å²) in [6.45, 7) is 7.33. The zero-order valence-electron chi connectivity index (χ0n) is 34.7. The van der Waals surface area contributed by atoms with Gasteiger partial charge in [0.1, 0.15) is 22.6 Å². The van der Waals surface area contributed by atoms with Crippen LogP contribution in [0.15, 0.2) is 67.0 Å². The summed E-state index contributed by atoms with van der Waals surface area (Å²) in [5.74, 6) is -0.947. The molecule has 61 heavy (non-hydrogen) atoms. The van der Waals surface area contributed by atoms with E-state index in [1.54, 1.807) is 68.2 Å². The Kier molecular flexibility index (Phi) is 12.3. The second-order valence-electron chi connectivity index (χ2n) is 16.1. The van der Waals surface area contributed by atoms with E-state index in [2.05, 4.69) is 20.3 Å². The SMILES string of the molecule is COc1cc(-n2ncc3c(-c4cccc(N(C(=O)OC(C)(C)C)c5nc(C(F)F)nc6cc(CNC7CCC(CC(=O)O)CC7)cnc56)c4C)cccc32)cc(OC)c1C=O. The number of aromatic nitrogens is 5. The van der Waals surface area contributed by atoms with Crippen LogP contribution in [-0.4, -0.2) is 74.1 Å². The molecule has 1 saturated carbocycles. The van der Waals surface area contributed by atoms with Gasteiger partial charge >= 0.3 is 12.1 Å². The maximum absolute atomic E-state index is 14.6. The molecule has 0 spiro atoms. The number of ether oxygens (including phenoxy) is 3. The quantitative estimate of drug-likeness (QED) is 0.106. The molecule has 0 bridgehead atoms. The molecular weight excluding hydrogens is 789 g/mol. The van der Waals surface area contributed by atoms with Crippen molar-refractivity contribution < 1.29 is 42.5 Å². The van der Waals surface area contributed by atoms with Crippen molar-refractivity contribution in [1.82, 2.24) is 30.0 Å². The molecule has 3 aromatic heterocycles. The number of aliphatic carboxylic acids is 1. The number of halogens is 2. The largest absolute Gasteiger partial charge is 0.496 e. The first-order chi connectivity index (χ1) is 29.2. The number of fused-ring (bicyclic) bond motifs is 2. The highest BCUT2D eigenvalue weighted by Gasteiger charge is 2.32. The third kappa shape index (κ3) is 8.99. The number of pyridine rings is 1. The molecule has 1 aliphatic rings. The summed E-state index contributed by atoms with van der Waals surface area (Å²) in [6, 6.07) is 16.2. The predicted molar refractivity (Wildman–Crippen MR) is 225 cm³/mol. The number of carboxylic acids is 1. The maximum Gasteiger partial charge on any atom is 0.420 e. The van der Waals surface area contributed by atoms with Crippen molar-refractivity contribution >= 4 is 51.8 Å². The normalized spacial score (nSPS) is 15.6. The van der Waals surface area contributed by atoms with Gasteiger partial charge in [0.15, 0.2) is 17.9 Å². The minimum atomic E-state index is -3.07. The lowest BCUT2D eigenvalue weighted by atomic mass is 9.84. The second kappa shape index (κ2) is 17.6. The van der Waals surface area contributed by atoms with Gasteiger partial charge < -0.3 is 24.6 Å². The van der Waals surface area contributed by atoms with Crippen LogP contribution in [0.5, 0.6) is 11.5 Å².